The lowest BCUT2D eigenvalue weighted by Gasteiger charge is -2.11. The number of methoxy groups -OCH3 is 1. The Kier molecular flexibility index (Phi) is 3.93. The summed E-state index contributed by atoms with van der Waals surface area (Å²) in [7, 11) is 3.70. The van der Waals surface area contributed by atoms with Crippen LogP contribution in [0.15, 0.2) is 52.9 Å². The first-order chi connectivity index (χ1) is 12.2. The van der Waals surface area contributed by atoms with E-state index in [4.69, 9.17) is 14.1 Å². The van der Waals surface area contributed by atoms with Crippen molar-refractivity contribution >= 4 is 22.0 Å². The molecule has 2 aromatic carbocycles. The lowest BCUT2D eigenvalue weighted by molar-refractivity contribution is 0.398. The number of fused-ring (bicyclic) bond motifs is 2. The minimum Gasteiger partial charge on any atom is -0.493 e. The SMILES string of the molecule is COc1cccc2cc([C@@H](C)NCc3nc4ccccc4n3C)oc12. The van der Waals surface area contributed by atoms with Gasteiger partial charge in [0, 0.05) is 12.4 Å². The molecule has 0 unspecified atom stereocenters. The number of ether oxygens (including phenoxy) is 1. The predicted octanol–water partition coefficient (Wildman–Crippen LogP) is 4.18. The second-order valence-electron chi connectivity index (χ2n) is 6.21. The number of para-hydroxylation sites is 3. The minimum atomic E-state index is 0.0666. The van der Waals surface area contributed by atoms with Crippen molar-refractivity contribution in [2.45, 2.75) is 19.5 Å². The first-order valence-electron chi connectivity index (χ1n) is 8.37. The first-order valence-corrected chi connectivity index (χ1v) is 8.37. The van der Waals surface area contributed by atoms with Crippen molar-refractivity contribution in [3.05, 3.63) is 60.1 Å². The molecule has 25 heavy (non-hydrogen) atoms. The van der Waals surface area contributed by atoms with E-state index in [9.17, 15) is 0 Å². The fourth-order valence-corrected chi connectivity index (χ4v) is 3.13. The Morgan fingerprint density at radius 1 is 1.20 bits per heavy atom. The quantitative estimate of drug-likeness (QED) is 0.594. The summed E-state index contributed by atoms with van der Waals surface area (Å²) in [6.45, 7) is 2.76. The third-order valence-electron chi connectivity index (χ3n) is 4.62. The second-order valence-corrected chi connectivity index (χ2v) is 6.21. The molecule has 4 aromatic rings. The molecule has 0 aliphatic rings. The lowest BCUT2D eigenvalue weighted by atomic mass is 10.2. The summed E-state index contributed by atoms with van der Waals surface area (Å²) in [6.07, 6.45) is 0. The van der Waals surface area contributed by atoms with Gasteiger partial charge in [-0.3, -0.25) is 0 Å². The van der Waals surface area contributed by atoms with Gasteiger partial charge in [-0.2, -0.15) is 0 Å². The van der Waals surface area contributed by atoms with Crippen LogP contribution in [0.2, 0.25) is 0 Å². The predicted molar refractivity (Wildman–Crippen MR) is 98.7 cm³/mol. The summed E-state index contributed by atoms with van der Waals surface area (Å²) >= 11 is 0. The normalized spacial score (nSPS) is 12.8. The van der Waals surface area contributed by atoms with Gasteiger partial charge in [0.1, 0.15) is 11.6 Å². The van der Waals surface area contributed by atoms with Gasteiger partial charge in [-0.1, -0.05) is 24.3 Å². The molecule has 0 spiro atoms. The van der Waals surface area contributed by atoms with Crippen molar-refractivity contribution in [1.29, 1.82) is 0 Å². The molecule has 0 radical (unpaired) electrons. The van der Waals surface area contributed by atoms with Gasteiger partial charge in [0.2, 0.25) is 0 Å². The Hall–Kier alpha value is -2.79. The van der Waals surface area contributed by atoms with E-state index in [0.29, 0.717) is 6.54 Å². The second kappa shape index (κ2) is 6.26. The number of hydrogen-bond acceptors (Lipinski definition) is 4. The summed E-state index contributed by atoms with van der Waals surface area (Å²) in [6, 6.07) is 16.2. The van der Waals surface area contributed by atoms with E-state index in [1.54, 1.807) is 7.11 Å². The summed E-state index contributed by atoms with van der Waals surface area (Å²) < 4.78 is 13.5. The van der Waals surface area contributed by atoms with E-state index >= 15 is 0 Å². The molecule has 5 nitrogen and oxygen atoms in total. The molecule has 4 rings (SSSR count). The average Bonchev–Trinajstić information content (AvgIpc) is 3.21. The van der Waals surface area contributed by atoms with Crippen molar-refractivity contribution in [2.24, 2.45) is 7.05 Å². The van der Waals surface area contributed by atoms with Crippen molar-refractivity contribution in [3.63, 3.8) is 0 Å². The largest absolute Gasteiger partial charge is 0.493 e. The van der Waals surface area contributed by atoms with Crippen LogP contribution in [0.3, 0.4) is 0 Å². The molecule has 0 bridgehead atoms. The van der Waals surface area contributed by atoms with Crippen molar-refractivity contribution in [2.75, 3.05) is 7.11 Å². The maximum Gasteiger partial charge on any atom is 0.176 e. The third kappa shape index (κ3) is 2.76. The average molecular weight is 335 g/mol. The van der Waals surface area contributed by atoms with E-state index in [2.05, 4.69) is 28.9 Å². The highest BCUT2D eigenvalue weighted by atomic mass is 16.5. The number of benzene rings is 2. The highest BCUT2D eigenvalue weighted by Gasteiger charge is 2.15. The molecule has 0 aliphatic heterocycles. The molecular weight excluding hydrogens is 314 g/mol. The van der Waals surface area contributed by atoms with E-state index in [1.807, 2.05) is 43.4 Å². The highest BCUT2D eigenvalue weighted by molar-refractivity contribution is 5.83. The highest BCUT2D eigenvalue weighted by Crippen LogP contribution is 2.31. The standard InChI is InChI=1S/C20H21N3O2/c1-13(18-11-14-7-6-10-17(24-3)20(14)25-18)21-12-19-22-15-8-4-5-9-16(15)23(19)2/h4-11,13,21H,12H2,1-3H3/t13-/m1/s1. The zero-order chi connectivity index (χ0) is 17.4. The molecule has 0 saturated heterocycles. The topological polar surface area (TPSA) is 52.2 Å². The van der Waals surface area contributed by atoms with Crippen LogP contribution < -0.4 is 10.1 Å². The van der Waals surface area contributed by atoms with Gasteiger partial charge >= 0.3 is 0 Å². The molecule has 0 amide bonds. The zero-order valence-electron chi connectivity index (χ0n) is 14.6. The van der Waals surface area contributed by atoms with Crippen molar-refractivity contribution in [3.8, 4) is 5.75 Å². The summed E-state index contributed by atoms with van der Waals surface area (Å²) in [4.78, 5) is 4.70. The zero-order valence-corrected chi connectivity index (χ0v) is 14.6. The molecular formula is C20H21N3O2. The van der Waals surface area contributed by atoms with Gasteiger partial charge in [-0.25, -0.2) is 4.98 Å². The van der Waals surface area contributed by atoms with Crippen LogP contribution in [0.5, 0.6) is 5.75 Å². The molecule has 2 aromatic heterocycles. The number of rotatable bonds is 5. The molecule has 5 heteroatoms. The van der Waals surface area contributed by atoms with Gasteiger partial charge < -0.3 is 19.0 Å². The number of furan rings is 1. The number of aryl methyl sites for hydroxylation is 1. The van der Waals surface area contributed by atoms with Gasteiger partial charge in [0.25, 0.3) is 0 Å². The molecule has 128 valence electrons. The molecule has 0 saturated carbocycles. The summed E-state index contributed by atoms with van der Waals surface area (Å²) in [5, 5.41) is 4.54. The van der Waals surface area contributed by atoms with Crippen molar-refractivity contribution in [1.82, 2.24) is 14.9 Å². The van der Waals surface area contributed by atoms with Crippen molar-refractivity contribution < 1.29 is 9.15 Å². The molecule has 1 atom stereocenters. The third-order valence-corrected chi connectivity index (χ3v) is 4.62. The number of aromatic nitrogens is 2. The van der Waals surface area contributed by atoms with E-state index in [1.165, 1.54) is 0 Å². The van der Waals surface area contributed by atoms with E-state index < -0.39 is 0 Å². The minimum absolute atomic E-state index is 0.0666. The maximum absolute atomic E-state index is 6.01. The van der Waals surface area contributed by atoms with Gasteiger partial charge in [0.05, 0.1) is 30.7 Å². The molecule has 2 heterocycles. The van der Waals surface area contributed by atoms with E-state index in [-0.39, 0.29) is 6.04 Å². The Balaban J connectivity index is 1.55. The van der Waals surface area contributed by atoms with Crippen LogP contribution >= 0.6 is 0 Å². The van der Waals surface area contributed by atoms with Gasteiger partial charge in [-0.15, -0.1) is 0 Å². The number of nitrogens with one attached hydrogen (secondary N) is 1. The monoisotopic (exact) mass is 335 g/mol. The fraction of sp³-hybridized carbons (Fsp3) is 0.250. The van der Waals surface area contributed by atoms with Crippen LogP contribution in [0, 0.1) is 0 Å². The van der Waals surface area contributed by atoms with Crippen LogP contribution in [0.4, 0.5) is 0 Å². The molecule has 0 fully saturated rings. The molecule has 0 aliphatic carbocycles. The van der Waals surface area contributed by atoms with Crippen LogP contribution in [0.1, 0.15) is 24.6 Å². The fourth-order valence-electron chi connectivity index (χ4n) is 3.13. The maximum atomic E-state index is 6.01. The van der Waals surface area contributed by atoms with E-state index in [0.717, 1.165) is 39.3 Å². The lowest BCUT2D eigenvalue weighted by Crippen LogP contribution is -2.19. The number of hydrogen-bond donors (Lipinski definition) is 1. The Morgan fingerprint density at radius 2 is 2.04 bits per heavy atom. The van der Waals surface area contributed by atoms with Crippen LogP contribution in [-0.2, 0) is 13.6 Å². The number of imidazole rings is 1. The summed E-state index contributed by atoms with van der Waals surface area (Å²) in [5.74, 6) is 2.64. The number of nitrogens with zero attached hydrogens (tertiary/aromatic N) is 2. The summed E-state index contributed by atoms with van der Waals surface area (Å²) in [5.41, 5.74) is 2.94. The first kappa shape index (κ1) is 15.7. The smallest absolute Gasteiger partial charge is 0.176 e. The van der Waals surface area contributed by atoms with Crippen LogP contribution in [-0.4, -0.2) is 16.7 Å². The van der Waals surface area contributed by atoms with Gasteiger partial charge in [0.15, 0.2) is 11.3 Å². The van der Waals surface area contributed by atoms with Gasteiger partial charge in [-0.05, 0) is 31.2 Å². The Morgan fingerprint density at radius 3 is 2.84 bits per heavy atom. The Labute approximate surface area is 146 Å². The Bertz CT molecular complexity index is 1030. The molecule has 1 N–H and O–H groups in total. The van der Waals surface area contributed by atoms with Crippen LogP contribution in [0.25, 0.3) is 22.0 Å².